The van der Waals surface area contributed by atoms with E-state index < -0.39 is 29.4 Å². The molecule has 0 aromatic heterocycles. The summed E-state index contributed by atoms with van der Waals surface area (Å²) in [5.74, 6) is -3.88. The van der Waals surface area contributed by atoms with E-state index in [0.717, 1.165) is 11.6 Å². The molecule has 0 saturated carbocycles. The van der Waals surface area contributed by atoms with Gasteiger partial charge in [-0.2, -0.15) is 0 Å². The summed E-state index contributed by atoms with van der Waals surface area (Å²) in [4.78, 5) is 25.9. The van der Waals surface area contributed by atoms with Gasteiger partial charge in [0.2, 0.25) is 5.91 Å². The zero-order chi connectivity index (χ0) is 19.6. The molecular formula is C21H21F2NO3. The number of rotatable bonds is 5. The number of hydrogen-bond acceptors (Lipinski definition) is 2. The number of hydrogen-bond donors (Lipinski definition) is 1. The van der Waals surface area contributed by atoms with Crippen LogP contribution in [0.2, 0.25) is 0 Å². The zero-order valence-corrected chi connectivity index (χ0v) is 14.9. The van der Waals surface area contributed by atoms with Gasteiger partial charge in [0.05, 0.1) is 5.92 Å². The molecule has 1 aliphatic heterocycles. The SMILES string of the molecule is CC(CC(=O)N1CC(C(=O)O)C(c2ccccc2)C1)c1ccc(F)cc1F. The molecule has 142 valence electrons. The van der Waals surface area contributed by atoms with Gasteiger partial charge >= 0.3 is 5.97 Å². The Morgan fingerprint density at radius 1 is 1.15 bits per heavy atom. The highest BCUT2D eigenvalue weighted by atomic mass is 19.1. The van der Waals surface area contributed by atoms with Crippen molar-refractivity contribution in [3.8, 4) is 0 Å². The van der Waals surface area contributed by atoms with Crippen LogP contribution in [0.25, 0.3) is 0 Å². The van der Waals surface area contributed by atoms with E-state index >= 15 is 0 Å². The van der Waals surface area contributed by atoms with Crippen LogP contribution in [-0.4, -0.2) is 35.0 Å². The fourth-order valence-electron chi connectivity index (χ4n) is 3.70. The molecule has 3 atom stereocenters. The van der Waals surface area contributed by atoms with E-state index in [1.807, 2.05) is 30.3 Å². The van der Waals surface area contributed by atoms with Crippen LogP contribution in [0, 0.1) is 17.6 Å². The van der Waals surface area contributed by atoms with Crippen molar-refractivity contribution in [3.05, 3.63) is 71.3 Å². The first-order chi connectivity index (χ1) is 12.9. The fraction of sp³-hybridized carbons (Fsp3) is 0.333. The lowest BCUT2D eigenvalue weighted by atomic mass is 9.89. The first kappa shape index (κ1) is 19.0. The Kier molecular flexibility index (Phi) is 5.54. The monoisotopic (exact) mass is 373 g/mol. The molecule has 1 fully saturated rings. The van der Waals surface area contributed by atoms with Crippen molar-refractivity contribution in [3.63, 3.8) is 0 Å². The quantitative estimate of drug-likeness (QED) is 0.868. The lowest BCUT2D eigenvalue weighted by molar-refractivity contribution is -0.141. The molecule has 1 amide bonds. The maximum absolute atomic E-state index is 13.9. The highest BCUT2D eigenvalue weighted by Crippen LogP contribution is 2.34. The number of carbonyl (C=O) groups excluding carboxylic acids is 1. The molecule has 4 nitrogen and oxygen atoms in total. The molecule has 1 heterocycles. The molecule has 0 radical (unpaired) electrons. The van der Waals surface area contributed by atoms with E-state index in [-0.39, 0.29) is 30.4 Å². The number of carboxylic acid groups (broad SMARTS) is 1. The molecule has 2 aromatic rings. The predicted molar refractivity (Wildman–Crippen MR) is 96.3 cm³/mol. The number of nitrogens with zero attached hydrogens (tertiary/aromatic N) is 1. The van der Waals surface area contributed by atoms with Crippen LogP contribution in [0.4, 0.5) is 8.78 Å². The minimum absolute atomic E-state index is 0.0381. The van der Waals surface area contributed by atoms with Gasteiger partial charge in [0.1, 0.15) is 11.6 Å². The second kappa shape index (κ2) is 7.86. The molecule has 0 aliphatic carbocycles. The standard InChI is InChI=1S/C21H21F2NO3/c1-13(16-8-7-15(22)10-19(16)23)9-20(25)24-11-17(18(12-24)21(26)27)14-5-3-2-4-6-14/h2-8,10,13,17-18H,9,11-12H2,1H3,(H,26,27). The van der Waals surface area contributed by atoms with E-state index in [4.69, 9.17) is 0 Å². The van der Waals surface area contributed by atoms with E-state index in [2.05, 4.69) is 0 Å². The Morgan fingerprint density at radius 2 is 1.85 bits per heavy atom. The molecular weight excluding hydrogens is 352 g/mol. The van der Waals surface area contributed by atoms with E-state index in [0.29, 0.717) is 6.54 Å². The summed E-state index contributed by atoms with van der Waals surface area (Å²) < 4.78 is 27.0. The van der Waals surface area contributed by atoms with Gasteiger partial charge in [-0.1, -0.05) is 43.3 Å². The van der Waals surface area contributed by atoms with Gasteiger partial charge in [-0.05, 0) is 23.1 Å². The summed E-state index contributed by atoms with van der Waals surface area (Å²) in [5.41, 5.74) is 1.16. The summed E-state index contributed by atoms with van der Waals surface area (Å²) in [5, 5.41) is 9.54. The zero-order valence-electron chi connectivity index (χ0n) is 14.9. The molecule has 6 heteroatoms. The Balaban J connectivity index is 1.72. The van der Waals surface area contributed by atoms with Crippen LogP contribution in [0.1, 0.15) is 36.3 Å². The number of amides is 1. The Labute approximate surface area is 156 Å². The lowest BCUT2D eigenvalue weighted by Crippen LogP contribution is -2.30. The van der Waals surface area contributed by atoms with Crippen LogP contribution in [0.15, 0.2) is 48.5 Å². The molecule has 27 heavy (non-hydrogen) atoms. The van der Waals surface area contributed by atoms with E-state index in [1.165, 1.54) is 17.0 Å². The third-order valence-electron chi connectivity index (χ3n) is 5.19. The first-order valence-corrected chi connectivity index (χ1v) is 8.87. The van der Waals surface area contributed by atoms with Crippen LogP contribution < -0.4 is 0 Å². The van der Waals surface area contributed by atoms with Crippen LogP contribution in [0.3, 0.4) is 0 Å². The second-order valence-corrected chi connectivity index (χ2v) is 7.03. The average Bonchev–Trinajstić information content (AvgIpc) is 3.08. The molecule has 1 saturated heterocycles. The topological polar surface area (TPSA) is 57.6 Å². The Hall–Kier alpha value is -2.76. The van der Waals surface area contributed by atoms with Crippen molar-refractivity contribution < 1.29 is 23.5 Å². The van der Waals surface area contributed by atoms with Crippen LogP contribution in [-0.2, 0) is 9.59 Å². The second-order valence-electron chi connectivity index (χ2n) is 7.03. The molecule has 1 aliphatic rings. The van der Waals surface area contributed by atoms with Gasteiger partial charge in [0.15, 0.2) is 0 Å². The smallest absolute Gasteiger partial charge is 0.308 e. The predicted octanol–water partition coefficient (Wildman–Crippen LogP) is 3.79. The number of aliphatic carboxylic acids is 1. The van der Waals surface area contributed by atoms with Crippen molar-refractivity contribution in [1.29, 1.82) is 0 Å². The number of carbonyl (C=O) groups is 2. The number of halogens is 2. The van der Waals surface area contributed by atoms with Crippen molar-refractivity contribution >= 4 is 11.9 Å². The van der Waals surface area contributed by atoms with Crippen molar-refractivity contribution in [2.45, 2.75) is 25.2 Å². The normalized spacial score (nSPS) is 20.5. The third-order valence-corrected chi connectivity index (χ3v) is 5.19. The highest BCUT2D eigenvalue weighted by Gasteiger charge is 2.40. The number of carboxylic acids is 1. The average molecular weight is 373 g/mol. The summed E-state index contributed by atoms with van der Waals surface area (Å²) in [7, 11) is 0. The van der Waals surface area contributed by atoms with Gasteiger partial charge in [-0.15, -0.1) is 0 Å². The van der Waals surface area contributed by atoms with E-state index in [9.17, 15) is 23.5 Å². The van der Waals surface area contributed by atoms with Crippen molar-refractivity contribution in [2.24, 2.45) is 5.92 Å². The lowest BCUT2D eigenvalue weighted by Gasteiger charge is -2.20. The number of benzene rings is 2. The minimum Gasteiger partial charge on any atom is -0.481 e. The minimum atomic E-state index is -0.934. The largest absolute Gasteiger partial charge is 0.481 e. The fourth-order valence-corrected chi connectivity index (χ4v) is 3.70. The van der Waals surface area contributed by atoms with Crippen molar-refractivity contribution in [2.75, 3.05) is 13.1 Å². The van der Waals surface area contributed by atoms with Gasteiger partial charge in [0, 0.05) is 31.5 Å². The third kappa shape index (κ3) is 4.15. The van der Waals surface area contributed by atoms with Gasteiger partial charge in [-0.25, -0.2) is 8.78 Å². The summed E-state index contributed by atoms with van der Waals surface area (Å²) in [6, 6.07) is 12.6. The van der Waals surface area contributed by atoms with Gasteiger partial charge in [0.25, 0.3) is 0 Å². The maximum Gasteiger partial charge on any atom is 0.308 e. The Bertz CT molecular complexity index is 841. The summed E-state index contributed by atoms with van der Waals surface area (Å²) in [6.07, 6.45) is 0.0381. The van der Waals surface area contributed by atoms with Crippen LogP contribution >= 0.6 is 0 Å². The molecule has 2 aromatic carbocycles. The molecule has 0 bridgehead atoms. The Morgan fingerprint density at radius 3 is 2.48 bits per heavy atom. The van der Waals surface area contributed by atoms with Crippen molar-refractivity contribution in [1.82, 2.24) is 4.90 Å². The number of likely N-dealkylation sites (tertiary alicyclic amines) is 1. The maximum atomic E-state index is 13.9. The molecule has 3 unspecified atom stereocenters. The van der Waals surface area contributed by atoms with E-state index in [1.54, 1.807) is 6.92 Å². The summed E-state index contributed by atoms with van der Waals surface area (Å²) >= 11 is 0. The van der Waals surface area contributed by atoms with Crippen LogP contribution in [0.5, 0.6) is 0 Å². The molecule has 1 N–H and O–H groups in total. The molecule has 0 spiro atoms. The molecule has 3 rings (SSSR count). The van der Waals surface area contributed by atoms with Gasteiger partial charge < -0.3 is 10.0 Å². The first-order valence-electron chi connectivity index (χ1n) is 8.87. The van der Waals surface area contributed by atoms with Gasteiger partial charge in [-0.3, -0.25) is 9.59 Å². The summed E-state index contributed by atoms with van der Waals surface area (Å²) in [6.45, 7) is 2.15. The highest BCUT2D eigenvalue weighted by molar-refractivity contribution is 5.80.